The maximum absolute atomic E-state index is 13.6. The Bertz CT molecular complexity index is 834. The molecule has 3 rings (SSSR count). The van der Waals surface area contributed by atoms with Crippen molar-refractivity contribution in [2.45, 2.75) is 13.3 Å². The fourth-order valence-electron chi connectivity index (χ4n) is 2.26. The zero-order chi connectivity index (χ0) is 15.0. The summed E-state index contributed by atoms with van der Waals surface area (Å²) in [5.74, 6) is 0.150. The summed E-state index contributed by atoms with van der Waals surface area (Å²) in [6, 6.07) is 10.1. The highest BCUT2D eigenvalue weighted by Gasteiger charge is 2.12. The van der Waals surface area contributed by atoms with Crippen LogP contribution in [0.25, 0.3) is 22.3 Å². The molecule has 0 radical (unpaired) electrons. The van der Waals surface area contributed by atoms with Gasteiger partial charge in [-0.2, -0.15) is 0 Å². The Labute approximate surface area is 131 Å². The fraction of sp³-hybridized carbons (Fsp3) is 0.125. The molecular weight excluding hydrogens is 310 g/mol. The quantitative estimate of drug-likeness (QED) is 0.598. The predicted molar refractivity (Wildman–Crippen MR) is 84.3 cm³/mol. The molecule has 0 spiro atoms. The van der Waals surface area contributed by atoms with E-state index in [1.54, 1.807) is 12.1 Å². The topological polar surface area (TPSA) is 25.8 Å². The summed E-state index contributed by atoms with van der Waals surface area (Å²) in [4.78, 5) is 8.80. The molecule has 0 aliphatic carbocycles. The van der Waals surface area contributed by atoms with E-state index in [-0.39, 0.29) is 11.0 Å². The summed E-state index contributed by atoms with van der Waals surface area (Å²) in [5, 5.41) is 1.37. The van der Waals surface area contributed by atoms with Crippen LogP contribution in [-0.2, 0) is 6.42 Å². The zero-order valence-corrected chi connectivity index (χ0v) is 12.7. The van der Waals surface area contributed by atoms with E-state index in [1.807, 2.05) is 19.1 Å². The average molecular weight is 321 g/mol. The highest BCUT2D eigenvalue weighted by Crippen LogP contribution is 2.29. The molecule has 0 saturated heterocycles. The molecule has 1 heterocycles. The normalized spacial score (nSPS) is 11.0. The third-order valence-electron chi connectivity index (χ3n) is 3.26. The third-order valence-corrected chi connectivity index (χ3v) is 3.78. The Morgan fingerprint density at radius 2 is 1.90 bits per heavy atom. The van der Waals surface area contributed by atoms with Crippen molar-refractivity contribution in [1.82, 2.24) is 9.97 Å². The van der Waals surface area contributed by atoms with Crippen molar-refractivity contribution in [3.05, 3.63) is 58.0 Å². The molecule has 0 saturated carbocycles. The van der Waals surface area contributed by atoms with Gasteiger partial charge in [-0.15, -0.1) is 0 Å². The van der Waals surface area contributed by atoms with Crippen LogP contribution >= 0.6 is 23.2 Å². The van der Waals surface area contributed by atoms with Crippen LogP contribution in [0.15, 0.2) is 36.4 Å². The third kappa shape index (κ3) is 2.71. The number of rotatable bonds is 2. The first-order chi connectivity index (χ1) is 10.1. The summed E-state index contributed by atoms with van der Waals surface area (Å²) in [5.41, 5.74) is 2.25. The number of aryl methyl sites for hydroxylation is 1. The molecule has 3 aromatic rings. The van der Waals surface area contributed by atoms with Gasteiger partial charge in [0.15, 0.2) is 5.82 Å². The van der Waals surface area contributed by atoms with E-state index < -0.39 is 0 Å². The van der Waals surface area contributed by atoms with Gasteiger partial charge >= 0.3 is 0 Å². The van der Waals surface area contributed by atoms with Crippen molar-refractivity contribution >= 4 is 34.1 Å². The molecule has 0 bridgehead atoms. The van der Waals surface area contributed by atoms with Crippen LogP contribution in [0.1, 0.15) is 12.5 Å². The minimum absolute atomic E-state index is 0.240. The van der Waals surface area contributed by atoms with E-state index in [0.717, 1.165) is 11.1 Å². The summed E-state index contributed by atoms with van der Waals surface area (Å²) in [6.07, 6.45) is 0.663. The second-order valence-electron chi connectivity index (χ2n) is 4.66. The smallest absolute Gasteiger partial charge is 0.161 e. The van der Waals surface area contributed by atoms with E-state index in [4.69, 9.17) is 23.2 Å². The largest absolute Gasteiger partial charge is 0.228 e. The second-order valence-corrected chi connectivity index (χ2v) is 5.46. The summed E-state index contributed by atoms with van der Waals surface area (Å²) in [6.45, 7) is 1.95. The first-order valence-corrected chi connectivity index (χ1v) is 7.25. The van der Waals surface area contributed by atoms with E-state index in [2.05, 4.69) is 9.97 Å². The van der Waals surface area contributed by atoms with Gasteiger partial charge in [0.2, 0.25) is 0 Å². The number of hydrogen-bond acceptors (Lipinski definition) is 2. The monoisotopic (exact) mass is 320 g/mol. The lowest BCUT2D eigenvalue weighted by Crippen LogP contribution is -1.96. The number of nitrogens with zero attached hydrogens (tertiary/aromatic N) is 2. The van der Waals surface area contributed by atoms with Gasteiger partial charge in [-0.25, -0.2) is 14.4 Å². The first kappa shape index (κ1) is 14.2. The van der Waals surface area contributed by atoms with Gasteiger partial charge in [-0.1, -0.05) is 42.3 Å². The summed E-state index contributed by atoms with van der Waals surface area (Å²) >= 11 is 12.2. The lowest BCUT2D eigenvalue weighted by molar-refractivity contribution is 0.627. The van der Waals surface area contributed by atoms with Gasteiger partial charge < -0.3 is 0 Å². The van der Waals surface area contributed by atoms with Crippen LogP contribution in [-0.4, -0.2) is 9.97 Å². The molecule has 1 aromatic heterocycles. The minimum atomic E-state index is -0.333. The number of hydrogen-bond donors (Lipinski definition) is 0. The van der Waals surface area contributed by atoms with Crippen LogP contribution < -0.4 is 0 Å². The Morgan fingerprint density at radius 1 is 1.10 bits per heavy atom. The Morgan fingerprint density at radius 3 is 2.62 bits per heavy atom. The number of fused-ring (bicyclic) bond motifs is 1. The highest BCUT2D eigenvalue weighted by molar-refractivity contribution is 6.34. The lowest BCUT2D eigenvalue weighted by Gasteiger charge is -2.08. The molecule has 2 nitrogen and oxygen atoms in total. The van der Waals surface area contributed by atoms with Crippen LogP contribution in [0, 0.1) is 5.82 Å². The molecule has 0 aliphatic heterocycles. The first-order valence-electron chi connectivity index (χ1n) is 6.50. The molecule has 21 heavy (non-hydrogen) atoms. The van der Waals surface area contributed by atoms with E-state index in [0.29, 0.717) is 28.2 Å². The molecule has 0 N–H and O–H groups in total. The molecule has 2 aromatic carbocycles. The van der Waals surface area contributed by atoms with E-state index >= 15 is 0 Å². The minimum Gasteiger partial charge on any atom is -0.228 e. The van der Waals surface area contributed by atoms with Crippen molar-refractivity contribution in [1.29, 1.82) is 0 Å². The number of aromatic nitrogens is 2. The Hall–Kier alpha value is -1.71. The summed E-state index contributed by atoms with van der Waals surface area (Å²) in [7, 11) is 0. The SMILES string of the molecule is CCc1cc(F)cc2c(Cl)nc(-c3cccc(Cl)c3)nc12. The van der Waals surface area contributed by atoms with Gasteiger partial charge in [-0.3, -0.25) is 0 Å². The van der Waals surface area contributed by atoms with Crippen LogP contribution in [0.4, 0.5) is 4.39 Å². The zero-order valence-electron chi connectivity index (χ0n) is 11.2. The average Bonchev–Trinajstić information content (AvgIpc) is 2.47. The summed E-state index contributed by atoms with van der Waals surface area (Å²) < 4.78 is 13.6. The highest BCUT2D eigenvalue weighted by atomic mass is 35.5. The van der Waals surface area contributed by atoms with E-state index in [9.17, 15) is 4.39 Å². The molecular formula is C16H11Cl2FN2. The van der Waals surface area contributed by atoms with Gasteiger partial charge in [0.05, 0.1) is 5.52 Å². The molecule has 0 atom stereocenters. The molecule has 0 unspecified atom stereocenters. The molecule has 0 aliphatic rings. The van der Waals surface area contributed by atoms with Crippen LogP contribution in [0.2, 0.25) is 10.2 Å². The van der Waals surface area contributed by atoms with Crippen molar-refractivity contribution in [2.75, 3.05) is 0 Å². The Balaban J connectivity index is 2.30. The lowest BCUT2D eigenvalue weighted by atomic mass is 10.1. The van der Waals surface area contributed by atoms with Crippen LogP contribution in [0.3, 0.4) is 0 Å². The van der Waals surface area contributed by atoms with Crippen molar-refractivity contribution in [3.63, 3.8) is 0 Å². The van der Waals surface area contributed by atoms with Crippen molar-refractivity contribution in [3.8, 4) is 11.4 Å². The second kappa shape index (κ2) is 5.58. The molecule has 106 valence electrons. The van der Waals surface area contributed by atoms with Gasteiger partial charge in [0, 0.05) is 16.0 Å². The standard InChI is InChI=1S/C16H11Cl2FN2/c1-2-9-7-12(19)8-13-14(9)20-16(21-15(13)18)10-4-3-5-11(17)6-10/h3-8H,2H2,1H3. The van der Waals surface area contributed by atoms with Gasteiger partial charge in [0.25, 0.3) is 0 Å². The van der Waals surface area contributed by atoms with E-state index in [1.165, 1.54) is 12.1 Å². The van der Waals surface area contributed by atoms with Gasteiger partial charge in [0.1, 0.15) is 11.0 Å². The Kier molecular flexibility index (Phi) is 3.79. The molecule has 0 amide bonds. The maximum Gasteiger partial charge on any atom is 0.161 e. The predicted octanol–water partition coefficient (Wildman–Crippen LogP) is 5.31. The van der Waals surface area contributed by atoms with Crippen LogP contribution in [0.5, 0.6) is 0 Å². The van der Waals surface area contributed by atoms with Gasteiger partial charge in [-0.05, 0) is 36.2 Å². The molecule has 5 heteroatoms. The number of benzene rings is 2. The maximum atomic E-state index is 13.6. The molecule has 0 fully saturated rings. The van der Waals surface area contributed by atoms with Crippen molar-refractivity contribution in [2.24, 2.45) is 0 Å². The van der Waals surface area contributed by atoms with Crippen molar-refractivity contribution < 1.29 is 4.39 Å². The fourth-order valence-corrected chi connectivity index (χ4v) is 2.67. The number of halogens is 3.